The van der Waals surface area contributed by atoms with E-state index in [1.54, 1.807) is 0 Å². The molecule has 0 bridgehead atoms. The quantitative estimate of drug-likeness (QED) is 0.566. The van der Waals surface area contributed by atoms with E-state index in [0.717, 1.165) is 29.5 Å². The van der Waals surface area contributed by atoms with E-state index in [1.165, 1.54) is 0 Å². The Morgan fingerprint density at radius 3 is 2.77 bits per heavy atom. The molecular weight excluding hydrogens is 162 g/mol. The third-order valence-corrected chi connectivity index (χ3v) is 2.13. The average Bonchev–Trinajstić information content (AvgIpc) is 2.11. The molecule has 13 heavy (non-hydrogen) atoms. The minimum Gasteiger partial charge on any atom is -0.399 e. The molecule has 0 spiro atoms. The summed E-state index contributed by atoms with van der Waals surface area (Å²) < 4.78 is 0. The minimum absolute atomic E-state index is 0.0714. The molecule has 1 unspecified atom stereocenters. The number of nitrogens with two attached hydrogens (primary N) is 1. The maximum absolute atomic E-state index is 10.4. The van der Waals surface area contributed by atoms with Crippen LogP contribution < -0.4 is 5.73 Å². The van der Waals surface area contributed by atoms with Crippen LogP contribution in [-0.2, 0) is 11.2 Å². The molecule has 2 N–H and O–H groups in total. The number of carbonyl (C=O) groups excluding carboxylic acids is 1. The summed E-state index contributed by atoms with van der Waals surface area (Å²) in [5.41, 5.74) is 8.76. The molecule has 0 radical (unpaired) electrons. The molecule has 1 aromatic carbocycles. The lowest BCUT2D eigenvalue weighted by atomic mass is 10.0. The van der Waals surface area contributed by atoms with Gasteiger partial charge in [0.05, 0.1) is 0 Å². The number of benzene rings is 1. The fraction of sp³-hybridized carbons (Fsp3) is 0.364. The summed E-state index contributed by atoms with van der Waals surface area (Å²) in [5, 5.41) is 0. The van der Waals surface area contributed by atoms with Crippen molar-refractivity contribution in [2.75, 3.05) is 5.73 Å². The van der Waals surface area contributed by atoms with Gasteiger partial charge in [0, 0.05) is 11.6 Å². The van der Waals surface area contributed by atoms with E-state index in [-0.39, 0.29) is 5.92 Å². The van der Waals surface area contributed by atoms with Gasteiger partial charge in [0.15, 0.2) is 0 Å². The fourth-order valence-corrected chi connectivity index (χ4v) is 1.24. The Balaban J connectivity index is 2.79. The van der Waals surface area contributed by atoms with Gasteiger partial charge in [-0.2, -0.15) is 0 Å². The van der Waals surface area contributed by atoms with Gasteiger partial charge in [-0.15, -0.1) is 0 Å². The summed E-state index contributed by atoms with van der Waals surface area (Å²) in [7, 11) is 0. The van der Waals surface area contributed by atoms with Gasteiger partial charge in [-0.25, -0.2) is 0 Å². The van der Waals surface area contributed by atoms with Crippen molar-refractivity contribution in [3.63, 3.8) is 0 Å². The highest BCUT2D eigenvalue weighted by molar-refractivity contribution is 5.55. The monoisotopic (exact) mass is 177 g/mol. The molecule has 0 amide bonds. The zero-order valence-electron chi connectivity index (χ0n) is 8.08. The van der Waals surface area contributed by atoms with E-state index in [1.807, 2.05) is 32.0 Å². The summed E-state index contributed by atoms with van der Waals surface area (Å²) in [4.78, 5) is 10.4. The van der Waals surface area contributed by atoms with Crippen molar-refractivity contribution in [2.45, 2.75) is 20.3 Å². The van der Waals surface area contributed by atoms with E-state index in [4.69, 9.17) is 5.73 Å². The van der Waals surface area contributed by atoms with Crippen LogP contribution in [0.25, 0.3) is 0 Å². The number of nitrogen functional groups attached to an aromatic ring is 1. The second-order valence-corrected chi connectivity index (χ2v) is 3.51. The van der Waals surface area contributed by atoms with E-state index in [9.17, 15) is 4.79 Å². The van der Waals surface area contributed by atoms with Gasteiger partial charge in [-0.1, -0.05) is 19.1 Å². The fourth-order valence-electron chi connectivity index (χ4n) is 1.24. The zero-order chi connectivity index (χ0) is 9.84. The predicted molar refractivity (Wildman–Crippen MR) is 54.5 cm³/mol. The Kier molecular flexibility index (Phi) is 3.07. The summed E-state index contributed by atoms with van der Waals surface area (Å²) in [5.74, 6) is 0.0714. The molecular formula is C11H15NO. The highest BCUT2D eigenvalue weighted by atomic mass is 16.1. The van der Waals surface area contributed by atoms with Crippen LogP contribution in [0.15, 0.2) is 18.2 Å². The Morgan fingerprint density at radius 2 is 2.23 bits per heavy atom. The Labute approximate surface area is 78.8 Å². The molecule has 0 aromatic heterocycles. The van der Waals surface area contributed by atoms with Crippen molar-refractivity contribution >= 4 is 12.0 Å². The van der Waals surface area contributed by atoms with Crippen LogP contribution in [0.4, 0.5) is 5.69 Å². The molecule has 2 heteroatoms. The van der Waals surface area contributed by atoms with E-state index >= 15 is 0 Å². The number of carbonyl (C=O) groups is 1. The molecule has 0 aliphatic rings. The lowest BCUT2D eigenvalue weighted by Crippen LogP contribution is -2.01. The Hall–Kier alpha value is -1.31. The summed E-state index contributed by atoms with van der Waals surface area (Å²) in [6.07, 6.45) is 1.74. The van der Waals surface area contributed by atoms with E-state index < -0.39 is 0 Å². The third-order valence-electron chi connectivity index (χ3n) is 2.13. The number of hydrogen-bond donors (Lipinski definition) is 1. The number of aldehydes is 1. The van der Waals surface area contributed by atoms with Crippen molar-refractivity contribution in [2.24, 2.45) is 5.92 Å². The van der Waals surface area contributed by atoms with E-state index in [2.05, 4.69) is 0 Å². The van der Waals surface area contributed by atoms with Crippen molar-refractivity contribution in [3.8, 4) is 0 Å². The molecule has 0 saturated heterocycles. The van der Waals surface area contributed by atoms with Crippen molar-refractivity contribution in [1.29, 1.82) is 0 Å². The van der Waals surface area contributed by atoms with Gasteiger partial charge < -0.3 is 10.5 Å². The van der Waals surface area contributed by atoms with Crippen LogP contribution in [0.3, 0.4) is 0 Å². The average molecular weight is 177 g/mol. The molecule has 0 saturated carbocycles. The molecule has 0 fully saturated rings. The number of rotatable bonds is 3. The summed E-state index contributed by atoms with van der Waals surface area (Å²) in [6, 6.07) is 5.95. The first-order valence-corrected chi connectivity index (χ1v) is 4.43. The van der Waals surface area contributed by atoms with E-state index in [0.29, 0.717) is 0 Å². The first-order valence-electron chi connectivity index (χ1n) is 4.43. The normalized spacial score (nSPS) is 12.5. The smallest absolute Gasteiger partial charge is 0.123 e. The van der Waals surface area contributed by atoms with Gasteiger partial charge in [0.25, 0.3) is 0 Å². The zero-order valence-corrected chi connectivity index (χ0v) is 8.08. The molecule has 2 nitrogen and oxygen atoms in total. The lowest BCUT2D eigenvalue weighted by Gasteiger charge is -2.06. The second-order valence-electron chi connectivity index (χ2n) is 3.51. The molecule has 0 heterocycles. The largest absolute Gasteiger partial charge is 0.399 e. The van der Waals surface area contributed by atoms with Crippen molar-refractivity contribution in [1.82, 2.24) is 0 Å². The predicted octanol–water partition coefficient (Wildman–Crippen LogP) is 1.95. The topological polar surface area (TPSA) is 43.1 Å². The molecule has 1 atom stereocenters. The van der Waals surface area contributed by atoms with Crippen LogP contribution in [0.2, 0.25) is 0 Å². The SMILES string of the molecule is Cc1ccc(CC(C)C=O)cc1N. The van der Waals surface area contributed by atoms with Gasteiger partial charge in [-0.05, 0) is 30.5 Å². The first-order chi connectivity index (χ1) is 6.13. The molecule has 1 aromatic rings. The standard InChI is InChI=1S/C11H15NO/c1-8(7-13)5-10-4-3-9(2)11(12)6-10/h3-4,6-8H,5,12H2,1-2H3. The Morgan fingerprint density at radius 1 is 1.54 bits per heavy atom. The van der Waals surface area contributed by atoms with Crippen LogP contribution >= 0.6 is 0 Å². The van der Waals surface area contributed by atoms with Crippen molar-refractivity contribution < 1.29 is 4.79 Å². The van der Waals surface area contributed by atoms with Crippen molar-refractivity contribution in [3.05, 3.63) is 29.3 Å². The van der Waals surface area contributed by atoms with Gasteiger partial charge >= 0.3 is 0 Å². The van der Waals surface area contributed by atoms with Crippen LogP contribution in [0.1, 0.15) is 18.1 Å². The number of anilines is 1. The highest BCUT2D eigenvalue weighted by Crippen LogP contribution is 2.15. The molecule has 1 rings (SSSR count). The lowest BCUT2D eigenvalue weighted by molar-refractivity contribution is -0.110. The number of hydrogen-bond acceptors (Lipinski definition) is 2. The summed E-state index contributed by atoms with van der Waals surface area (Å²) in [6.45, 7) is 3.88. The van der Waals surface area contributed by atoms with Gasteiger partial charge in [0.2, 0.25) is 0 Å². The maximum atomic E-state index is 10.4. The highest BCUT2D eigenvalue weighted by Gasteiger charge is 2.02. The maximum Gasteiger partial charge on any atom is 0.123 e. The van der Waals surface area contributed by atoms with Crippen LogP contribution in [0, 0.1) is 12.8 Å². The Bertz CT molecular complexity index is 307. The third kappa shape index (κ3) is 2.58. The first kappa shape index (κ1) is 9.78. The number of aryl methyl sites for hydroxylation is 1. The molecule has 0 aliphatic carbocycles. The molecule has 0 aliphatic heterocycles. The summed E-state index contributed by atoms with van der Waals surface area (Å²) >= 11 is 0. The van der Waals surface area contributed by atoms with Gasteiger partial charge in [-0.3, -0.25) is 0 Å². The molecule has 70 valence electrons. The minimum atomic E-state index is 0.0714. The van der Waals surface area contributed by atoms with Gasteiger partial charge in [0.1, 0.15) is 6.29 Å². The second kappa shape index (κ2) is 4.08. The van der Waals surface area contributed by atoms with Crippen LogP contribution in [0.5, 0.6) is 0 Å². The van der Waals surface area contributed by atoms with Crippen LogP contribution in [-0.4, -0.2) is 6.29 Å².